The van der Waals surface area contributed by atoms with Crippen molar-refractivity contribution >= 4 is 18.1 Å². The molecule has 162 valence electrons. The highest BCUT2D eigenvalue weighted by Crippen LogP contribution is 2.60. The lowest BCUT2D eigenvalue weighted by atomic mass is 9.48. The van der Waals surface area contributed by atoms with Crippen LogP contribution in [-0.4, -0.2) is 53.8 Å². The summed E-state index contributed by atoms with van der Waals surface area (Å²) >= 11 is 0. The maximum Gasteiger partial charge on any atom is 0.410 e. The molecule has 1 aliphatic heterocycles. The summed E-state index contributed by atoms with van der Waals surface area (Å²) in [5, 5.41) is 2.83. The van der Waals surface area contributed by atoms with Crippen LogP contribution in [0.5, 0.6) is 0 Å². The standard InChI is InChI=1S/C21H33N3O5/c1-20(2,3)29-18(26)23-15-4-5-24(11-15)19(27)28-16-13-6-12-7-14(16)10-21(8-12,9-13)17(22)25/h12-16H,4-11H2,1-3H3,(H2,22,25)(H,23,26)/t12?,13-,14?,15+,16?,21?/m0/s1. The smallest absolute Gasteiger partial charge is 0.410 e. The topological polar surface area (TPSA) is 111 Å². The number of hydrogen-bond donors (Lipinski definition) is 2. The van der Waals surface area contributed by atoms with Gasteiger partial charge in [-0.3, -0.25) is 4.79 Å². The Labute approximate surface area is 171 Å². The highest BCUT2D eigenvalue weighted by atomic mass is 16.6. The first-order chi connectivity index (χ1) is 13.5. The number of likely N-dealkylation sites (tertiary alicyclic amines) is 1. The van der Waals surface area contributed by atoms with Crippen LogP contribution in [0.4, 0.5) is 9.59 Å². The fraction of sp³-hybridized carbons (Fsp3) is 0.857. The summed E-state index contributed by atoms with van der Waals surface area (Å²) in [5.74, 6) is 0.813. The highest BCUT2D eigenvalue weighted by molar-refractivity contribution is 5.81. The van der Waals surface area contributed by atoms with Crippen molar-refractivity contribution in [3.05, 3.63) is 0 Å². The van der Waals surface area contributed by atoms with Gasteiger partial charge in [0.2, 0.25) is 5.91 Å². The van der Waals surface area contributed by atoms with Gasteiger partial charge in [0, 0.05) is 13.1 Å². The van der Waals surface area contributed by atoms with Gasteiger partial charge < -0.3 is 25.4 Å². The van der Waals surface area contributed by atoms with E-state index in [1.54, 1.807) is 4.90 Å². The Morgan fingerprint density at radius 3 is 2.34 bits per heavy atom. The number of amides is 3. The first-order valence-electron chi connectivity index (χ1n) is 10.8. The molecule has 0 aromatic carbocycles. The van der Waals surface area contributed by atoms with Gasteiger partial charge in [0.1, 0.15) is 11.7 Å². The summed E-state index contributed by atoms with van der Waals surface area (Å²) in [5.41, 5.74) is 4.80. The van der Waals surface area contributed by atoms with Crippen molar-refractivity contribution in [1.29, 1.82) is 0 Å². The first-order valence-corrected chi connectivity index (χ1v) is 10.8. The molecule has 5 fully saturated rings. The normalized spacial score (nSPS) is 38.0. The average Bonchev–Trinajstić information content (AvgIpc) is 3.04. The summed E-state index contributed by atoms with van der Waals surface area (Å²) in [6.45, 7) is 6.43. The number of hydrogen-bond acceptors (Lipinski definition) is 5. The molecule has 0 aromatic rings. The maximum absolute atomic E-state index is 12.8. The van der Waals surface area contributed by atoms with E-state index in [1.165, 1.54) is 0 Å². The maximum atomic E-state index is 12.8. The predicted octanol–water partition coefficient (Wildman–Crippen LogP) is 2.40. The van der Waals surface area contributed by atoms with Gasteiger partial charge in [-0.15, -0.1) is 0 Å². The molecule has 1 saturated heterocycles. The van der Waals surface area contributed by atoms with Crippen molar-refractivity contribution in [2.24, 2.45) is 28.9 Å². The van der Waals surface area contributed by atoms with Gasteiger partial charge in [-0.25, -0.2) is 9.59 Å². The molecule has 6 atom stereocenters. The Bertz CT molecular complexity index is 687. The molecule has 4 unspecified atom stereocenters. The van der Waals surface area contributed by atoms with E-state index in [0.717, 1.165) is 32.1 Å². The molecule has 0 spiro atoms. The van der Waals surface area contributed by atoms with Gasteiger partial charge in [0.15, 0.2) is 0 Å². The minimum atomic E-state index is -0.553. The first kappa shape index (κ1) is 20.3. The summed E-state index contributed by atoms with van der Waals surface area (Å²) in [6, 6.07) is -0.131. The molecule has 0 radical (unpaired) electrons. The fourth-order valence-corrected chi connectivity index (χ4v) is 6.18. The summed E-state index contributed by atoms with van der Waals surface area (Å²) in [6.07, 6.45) is 4.22. The molecule has 4 saturated carbocycles. The van der Waals surface area contributed by atoms with Crippen LogP contribution >= 0.6 is 0 Å². The van der Waals surface area contributed by atoms with Gasteiger partial charge in [0.25, 0.3) is 0 Å². The fourth-order valence-electron chi connectivity index (χ4n) is 6.18. The molecule has 5 rings (SSSR count). The zero-order valence-corrected chi connectivity index (χ0v) is 17.6. The number of rotatable bonds is 3. The molecule has 29 heavy (non-hydrogen) atoms. The molecule has 8 nitrogen and oxygen atoms in total. The third-order valence-corrected chi connectivity index (χ3v) is 7.11. The van der Waals surface area contributed by atoms with Crippen LogP contribution in [0.1, 0.15) is 59.3 Å². The second kappa shape index (κ2) is 7.06. The van der Waals surface area contributed by atoms with Gasteiger partial charge in [-0.05, 0) is 77.0 Å². The van der Waals surface area contributed by atoms with Crippen LogP contribution in [-0.2, 0) is 14.3 Å². The number of nitrogens with one attached hydrogen (secondary N) is 1. The summed E-state index contributed by atoms with van der Waals surface area (Å²) < 4.78 is 11.2. The molecule has 4 bridgehead atoms. The van der Waals surface area contributed by atoms with E-state index in [0.29, 0.717) is 25.4 Å². The number of alkyl carbamates (subject to hydrolysis) is 1. The number of carbonyl (C=O) groups excluding carboxylic acids is 3. The lowest BCUT2D eigenvalue weighted by Crippen LogP contribution is -2.59. The van der Waals surface area contributed by atoms with E-state index >= 15 is 0 Å². The zero-order chi connectivity index (χ0) is 21.0. The molecule has 5 aliphatic rings. The second-order valence-corrected chi connectivity index (χ2v) is 10.5. The van der Waals surface area contributed by atoms with Crippen LogP contribution in [0, 0.1) is 23.2 Å². The minimum Gasteiger partial charge on any atom is -0.446 e. The molecule has 1 heterocycles. The van der Waals surface area contributed by atoms with Crippen molar-refractivity contribution in [1.82, 2.24) is 10.2 Å². The van der Waals surface area contributed by atoms with Crippen molar-refractivity contribution in [3.8, 4) is 0 Å². The highest BCUT2D eigenvalue weighted by Gasteiger charge is 2.59. The van der Waals surface area contributed by atoms with Crippen molar-refractivity contribution < 1.29 is 23.9 Å². The average molecular weight is 408 g/mol. The van der Waals surface area contributed by atoms with Crippen LogP contribution < -0.4 is 11.1 Å². The lowest BCUT2D eigenvalue weighted by molar-refractivity contribution is -0.161. The minimum absolute atomic E-state index is 0.121. The van der Waals surface area contributed by atoms with E-state index in [9.17, 15) is 14.4 Å². The molecular weight excluding hydrogens is 374 g/mol. The van der Waals surface area contributed by atoms with Crippen molar-refractivity contribution in [2.75, 3.05) is 13.1 Å². The van der Waals surface area contributed by atoms with Gasteiger partial charge in [-0.1, -0.05) is 0 Å². The Kier molecular flexibility index (Phi) is 4.94. The number of nitrogens with two attached hydrogens (primary N) is 1. The monoisotopic (exact) mass is 407 g/mol. The zero-order valence-electron chi connectivity index (χ0n) is 17.6. The second-order valence-electron chi connectivity index (χ2n) is 10.5. The van der Waals surface area contributed by atoms with Gasteiger partial charge >= 0.3 is 12.2 Å². The third kappa shape index (κ3) is 4.03. The van der Waals surface area contributed by atoms with Crippen LogP contribution in [0.15, 0.2) is 0 Å². The van der Waals surface area contributed by atoms with Crippen LogP contribution in [0.2, 0.25) is 0 Å². The van der Waals surface area contributed by atoms with E-state index in [2.05, 4.69) is 5.32 Å². The van der Waals surface area contributed by atoms with Crippen molar-refractivity contribution in [3.63, 3.8) is 0 Å². The molecular formula is C21H33N3O5. The van der Waals surface area contributed by atoms with E-state index < -0.39 is 11.7 Å². The summed E-state index contributed by atoms with van der Waals surface area (Å²) in [7, 11) is 0. The lowest BCUT2D eigenvalue weighted by Gasteiger charge is -2.58. The SMILES string of the molecule is CC(C)(C)OC(=O)N[C@@H]1CCN(C(=O)OC2C3CC4C[C@H]2CC(C(N)=O)(C4)C3)C1. The number of nitrogens with zero attached hydrogens (tertiary/aromatic N) is 1. The Morgan fingerprint density at radius 2 is 1.76 bits per heavy atom. The Hall–Kier alpha value is -1.99. The molecule has 3 amide bonds. The molecule has 4 aliphatic carbocycles. The number of carbonyl (C=O) groups is 3. The number of ether oxygens (including phenoxy) is 2. The van der Waals surface area contributed by atoms with Crippen molar-refractivity contribution in [2.45, 2.75) is 77.0 Å². The van der Waals surface area contributed by atoms with E-state index in [-0.39, 0.29) is 41.4 Å². The molecule has 8 heteroatoms. The van der Waals surface area contributed by atoms with Crippen LogP contribution in [0.3, 0.4) is 0 Å². The quantitative estimate of drug-likeness (QED) is 0.746. The van der Waals surface area contributed by atoms with E-state index in [1.807, 2.05) is 20.8 Å². The van der Waals surface area contributed by atoms with Gasteiger partial charge in [-0.2, -0.15) is 0 Å². The van der Waals surface area contributed by atoms with E-state index in [4.69, 9.17) is 15.2 Å². The van der Waals surface area contributed by atoms with Crippen LogP contribution in [0.25, 0.3) is 0 Å². The number of primary amides is 1. The Balaban J connectivity index is 1.31. The molecule has 3 N–H and O–H groups in total. The predicted molar refractivity (Wildman–Crippen MR) is 105 cm³/mol. The van der Waals surface area contributed by atoms with Gasteiger partial charge in [0.05, 0.1) is 11.5 Å². The Morgan fingerprint density at radius 1 is 1.10 bits per heavy atom. The largest absolute Gasteiger partial charge is 0.446 e. The summed E-state index contributed by atoms with van der Waals surface area (Å²) in [4.78, 5) is 38.5. The molecule has 0 aromatic heterocycles. The third-order valence-electron chi connectivity index (χ3n) is 7.11.